The van der Waals surface area contributed by atoms with Gasteiger partial charge in [0, 0.05) is 5.56 Å². The van der Waals surface area contributed by atoms with Crippen molar-refractivity contribution in [1.82, 2.24) is 0 Å². The molecule has 7 rings (SSSR count). The van der Waals surface area contributed by atoms with Gasteiger partial charge in [-0.25, -0.2) is 4.79 Å². The molecule has 0 spiro atoms. The van der Waals surface area contributed by atoms with Crippen molar-refractivity contribution in [3.63, 3.8) is 0 Å². The number of benzene rings is 2. The largest absolute Gasteiger partial charge is 0.497 e. The smallest absolute Gasteiger partial charge is 0.338 e. The van der Waals surface area contributed by atoms with Gasteiger partial charge >= 0.3 is 5.97 Å². The van der Waals surface area contributed by atoms with Gasteiger partial charge in [0.15, 0.2) is 12.4 Å². The SMILES string of the molecule is COc1ccc(C(=O)COC(=O)c2ccc(N3C(=O)[C@H]4[C@@H]5C=C[C@@H]([C@H]6C[C@H]56)[C@@H]4C3=O)cc2)cc1. The Labute approximate surface area is 196 Å². The minimum Gasteiger partial charge on any atom is -0.497 e. The maximum absolute atomic E-state index is 13.2. The van der Waals surface area contributed by atoms with Crippen LogP contribution in [0.5, 0.6) is 5.75 Å². The molecule has 2 saturated carbocycles. The lowest BCUT2D eigenvalue weighted by molar-refractivity contribution is -0.124. The number of carbonyl (C=O) groups is 4. The van der Waals surface area contributed by atoms with Crippen LogP contribution in [0.3, 0.4) is 0 Å². The first-order valence-electron chi connectivity index (χ1n) is 11.5. The number of imide groups is 1. The highest BCUT2D eigenvalue weighted by Gasteiger charge is 2.67. The third-order valence-corrected chi connectivity index (χ3v) is 7.77. The second-order valence-corrected chi connectivity index (χ2v) is 9.44. The molecule has 1 saturated heterocycles. The van der Waals surface area contributed by atoms with Gasteiger partial charge in [-0.05, 0) is 78.6 Å². The van der Waals surface area contributed by atoms with Crippen LogP contribution in [0.25, 0.3) is 0 Å². The molecule has 7 heteroatoms. The number of methoxy groups -OCH3 is 1. The average Bonchev–Trinajstić information content (AvgIpc) is 3.65. The van der Waals surface area contributed by atoms with Crippen molar-refractivity contribution in [2.45, 2.75) is 6.42 Å². The van der Waals surface area contributed by atoms with E-state index < -0.39 is 12.6 Å². The zero-order chi connectivity index (χ0) is 23.6. The summed E-state index contributed by atoms with van der Waals surface area (Å²) >= 11 is 0. The monoisotopic (exact) mass is 457 g/mol. The van der Waals surface area contributed by atoms with E-state index in [0.717, 1.165) is 6.42 Å². The summed E-state index contributed by atoms with van der Waals surface area (Å²) < 4.78 is 10.2. The van der Waals surface area contributed by atoms with E-state index in [0.29, 0.717) is 28.8 Å². The Balaban J connectivity index is 1.12. The number of allylic oxidation sites excluding steroid dienone is 2. The number of Topliss-reactive ketones (excluding diaryl/α,β-unsaturated/α-hetero) is 1. The quantitative estimate of drug-likeness (QED) is 0.286. The minimum absolute atomic E-state index is 0.139. The van der Waals surface area contributed by atoms with Crippen LogP contribution in [0.2, 0.25) is 0 Å². The van der Waals surface area contributed by atoms with Gasteiger partial charge in [0.1, 0.15) is 5.75 Å². The molecular formula is C27H23NO6. The molecule has 1 heterocycles. The van der Waals surface area contributed by atoms with Gasteiger partial charge in [-0.2, -0.15) is 0 Å². The Bertz CT molecular complexity index is 1190. The van der Waals surface area contributed by atoms with E-state index in [4.69, 9.17) is 9.47 Å². The predicted molar refractivity (Wildman–Crippen MR) is 121 cm³/mol. The number of ether oxygens (including phenoxy) is 2. The summed E-state index contributed by atoms with van der Waals surface area (Å²) in [6.07, 6.45) is 5.40. The van der Waals surface area contributed by atoms with Crippen LogP contribution < -0.4 is 9.64 Å². The Morgan fingerprint density at radius 1 is 0.853 bits per heavy atom. The highest BCUT2D eigenvalue weighted by Crippen LogP contribution is 2.65. The summed E-state index contributed by atoms with van der Waals surface area (Å²) in [6.45, 7) is -0.391. The van der Waals surface area contributed by atoms with E-state index in [1.54, 1.807) is 36.4 Å². The van der Waals surface area contributed by atoms with Crippen molar-refractivity contribution in [1.29, 1.82) is 0 Å². The molecule has 172 valence electrons. The van der Waals surface area contributed by atoms with Gasteiger partial charge in [0.25, 0.3) is 0 Å². The van der Waals surface area contributed by atoms with Crippen LogP contribution >= 0.6 is 0 Å². The molecule has 3 fully saturated rings. The van der Waals surface area contributed by atoms with Gasteiger partial charge in [-0.1, -0.05) is 12.2 Å². The highest BCUT2D eigenvalue weighted by molar-refractivity contribution is 6.22. The third-order valence-electron chi connectivity index (χ3n) is 7.77. The molecule has 2 bridgehead atoms. The topological polar surface area (TPSA) is 90.0 Å². The zero-order valence-corrected chi connectivity index (χ0v) is 18.5. The fraction of sp³-hybridized carbons (Fsp3) is 0.333. The third kappa shape index (κ3) is 3.10. The second-order valence-electron chi connectivity index (χ2n) is 9.44. The number of esters is 1. The van der Waals surface area contributed by atoms with E-state index >= 15 is 0 Å². The maximum Gasteiger partial charge on any atom is 0.338 e. The predicted octanol–water partition coefficient (Wildman–Crippen LogP) is 3.29. The Morgan fingerprint density at radius 3 is 1.97 bits per heavy atom. The van der Waals surface area contributed by atoms with Gasteiger partial charge in [-0.15, -0.1) is 0 Å². The van der Waals surface area contributed by atoms with E-state index in [-0.39, 0.29) is 46.8 Å². The van der Waals surface area contributed by atoms with Gasteiger partial charge in [0.2, 0.25) is 11.8 Å². The number of ketones is 1. The molecule has 2 aromatic rings. The van der Waals surface area contributed by atoms with Crippen LogP contribution in [0.4, 0.5) is 5.69 Å². The van der Waals surface area contributed by atoms with E-state index in [2.05, 4.69) is 12.2 Å². The first-order valence-corrected chi connectivity index (χ1v) is 11.5. The molecule has 0 aromatic heterocycles. The van der Waals surface area contributed by atoms with Crippen molar-refractivity contribution < 1.29 is 28.7 Å². The van der Waals surface area contributed by atoms with Crippen molar-refractivity contribution in [3.8, 4) is 5.75 Å². The number of nitrogens with zero attached hydrogens (tertiary/aromatic N) is 1. The van der Waals surface area contributed by atoms with E-state index in [1.165, 1.54) is 24.1 Å². The molecular weight excluding hydrogens is 434 g/mol. The molecule has 0 N–H and O–H groups in total. The molecule has 2 aromatic carbocycles. The van der Waals surface area contributed by atoms with Crippen molar-refractivity contribution in [2.24, 2.45) is 35.5 Å². The highest BCUT2D eigenvalue weighted by atomic mass is 16.5. The molecule has 0 radical (unpaired) electrons. The van der Waals surface area contributed by atoms with Crippen LogP contribution in [-0.4, -0.2) is 37.3 Å². The molecule has 5 aliphatic rings. The summed E-state index contributed by atoms with van der Waals surface area (Å²) in [5, 5.41) is 0. The Morgan fingerprint density at radius 2 is 1.41 bits per heavy atom. The van der Waals surface area contributed by atoms with Crippen LogP contribution in [0.15, 0.2) is 60.7 Å². The molecule has 0 unspecified atom stereocenters. The number of rotatable bonds is 6. The maximum atomic E-state index is 13.2. The van der Waals surface area contributed by atoms with Gasteiger partial charge in [0.05, 0.1) is 30.2 Å². The lowest BCUT2D eigenvalue weighted by atomic mass is 9.63. The second kappa shape index (κ2) is 7.65. The fourth-order valence-electron chi connectivity index (χ4n) is 6.03. The van der Waals surface area contributed by atoms with Crippen LogP contribution in [-0.2, 0) is 14.3 Å². The fourth-order valence-corrected chi connectivity index (χ4v) is 6.03. The standard InChI is InChI=1S/C27H23NO6/c1-33-17-8-4-14(5-9-17)22(29)13-34-27(32)15-2-6-16(7-3-15)28-25(30)23-18-10-11-19(21-12-20(18)21)24(23)26(28)31/h2-11,18-21,23-24H,12-13H2,1H3/t18-,19+,20-,21-,23+,24+/m1/s1. The normalized spacial score (nSPS) is 30.1. The number of amides is 2. The summed E-state index contributed by atoms with van der Waals surface area (Å²) in [6, 6.07) is 12.7. The summed E-state index contributed by atoms with van der Waals surface area (Å²) in [4.78, 5) is 52.4. The zero-order valence-electron chi connectivity index (χ0n) is 18.5. The Hall–Kier alpha value is -3.74. The summed E-state index contributed by atoms with van der Waals surface area (Å²) in [5.74, 6) is 0.270. The minimum atomic E-state index is -0.650. The molecule has 34 heavy (non-hydrogen) atoms. The molecule has 6 atom stereocenters. The lowest BCUT2D eigenvalue weighted by Gasteiger charge is -2.37. The first-order chi connectivity index (χ1) is 16.5. The van der Waals surface area contributed by atoms with Gasteiger partial charge in [-0.3, -0.25) is 19.3 Å². The molecule has 4 aliphatic carbocycles. The summed E-state index contributed by atoms with van der Waals surface area (Å²) in [7, 11) is 1.54. The number of anilines is 1. The molecule has 1 aliphatic heterocycles. The van der Waals surface area contributed by atoms with Crippen LogP contribution in [0, 0.1) is 35.5 Å². The van der Waals surface area contributed by atoms with E-state index in [9.17, 15) is 19.2 Å². The number of hydrogen-bond acceptors (Lipinski definition) is 6. The first kappa shape index (κ1) is 20.8. The van der Waals surface area contributed by atoms with Crippen LogP contribution in [0.1, 0.15) is 27.1 Å². The number of carbonyl (C=O) groups excluding carboxylic acids is 4. The Kier molecular flexibility index (Phi) is 4.69. The van der Waals surface area contributed by atoms with Crippen molar-refractivity contribution in [3.05, 3.63) is 71.8 Å². The van der Waals surface area contributed by atoms with E-state index in [1.807, 2.05) is 0 Å². The average molecular weight is 457 g/mol. The lowest BCUT2D eigenvalue weighted by Crippen LogP contribution is -2.40. The number of hydrogen-bond donors (Lipinski definition) is 0. The van der Waals surface area contributed by atoms with Crippen molar-refractivity contribution >= 4 is 29.3 Å². The van der Waals surface area contributed by atoms with Crippen molar-refractivity contribution in [2.75, 3.05) is 18.6 Å². The molecule has 7 nitrogen and oxygen atoms in total. The molecule has 2 amide bonds. The summed E-state index contributed by atoms with van der Waals surface area (Å²) in [5.41, 5.74) is 1.12. The van der Waals surface area contributed by atoms with Gasteiger partial charge < -0.3 is 9.47 Å².